The first-order valence-corrected chi connectivity index (χ1v) is 9.68. The van der Waals surface area contributed by atoms with E-state index < -0.39 is 0 Å². The predicted octanol–water partition coefficient (Wildman–Crippen LogP) is 5.51. The van der Waals surface area contributed by atoms with E-state index in [9.17, 15) is 0 Å². The van der Waals surface area contributed by atoms with Crippen LogP contribution in [0.3, 0.4) is 0 Å². The number of hydrogen-bond acceptors (Lipinski definition) is 1. The Morgan fingerprint density at radius 3 is 2.79 bits per heavy atom. The summed E-state index contributed by atoms with van der Waals surface area (Å²) in [7, 11) is 0. The number of rotatable bonds is 3. The number of benzene rings is 2. The molecule has 0 amide bonds. The highest BCUT2D eigenvalue weighted by Gasteiger charge is 2.46. The zero-order valence-electron chi connectivity index (χ0n) is 14.7. The molecule has 2 aromatic rings. The maximum atomic E-state index is 2.75. The molecule has 5 rings (SSSR count). The van der Waals surface area contributed by atoms with Gasteiger partial charge in [0, 0.05) is 18.0 Å². The van der Waals surface area contributed by atoms with Crippen molar-refractivity contribution >= 4 is 16.3 Å². The summed E-state index contributed by atoms with van der Waals surface area (Å²) in [6.07, 6.45) is 9.64. The van der Waals surface area contributed by atoms with Crippen molar-refractivity contribution < 1.29 is 0 Å². The normalized spacial score (nSPS) is 32.6. The molecule has 3 aliphatic rings. The molecule has 2 aromatic carbocycles. The fourth-order valence-electron chi connectivity index (χ4n) is 5.51. The highest BCUT2D eigenvalue weighted by Crippen LogP contribution is 2.56. The van der Waals surface area contributed by atoms with E-state index >= 15 is 0 Å². The van der Waals surface area contributed by atoms with Crippen LogP contribution in [0.5, 0.6) is 0 Å². The zero-order chi connectivity index (χ0) is 16.1. The van der Waals surface area contributed by atoms with Gasteiger partial charge in [-0.1, -0.05) is 42.5 Å². The van der Waals surface area contributed by atoms with Gasteiger partial charge in [0.1, 0.15) is 0 Å². The molecular weight excluding hydrogens is 290 g/mol. The second kappa shape index (κ2) is 5.46. The summed E-state index contributed by atoms with van der Waals surface area (Å²) in [4.78, 5) is 2.75. The standard InChI is InChI=1S/C23H27N/c1-17-5-4-12-24(17)16-23-11-10-21(14-23)22(15-23)20-9-8-18-6-2-3-7-19(18)13-20/h2-3,6-9,13,15,17,21H,4-5,10-12,14,16H2,1H3. The molecule has 0 aromatic heterocycles. The highest BCUT2D eigenvalue weighted by molar-refractivity contribution is 5.87. The smallest absolute Gasteiger partial charge is 0.00759 e. The molecule has 1 heteroatoms. The molecule has 0 N–H and O–H groups in total. The number of allylic oxidation sites excluding steroid dienone is 1. The molecule has 2 aliphatic carbocycles. The zero-order valence-corrected chi connectivity index (χ0v) is 14.7. The average Bonchev–Trinajstić information content (AvgIpc) is 3.30. The van der Waals surface area contributed by atoms with Gasteiger partial charge in [0.15, 0.2) is 0 Å². The molecule has 1 saturated carbocycles. The second-order valence-corrected chi connectivity index (χ2v) is 8.43. The largest absolute Gasteiger partial charge is 0.300 e. The van der Waals surface area contributed by atoms with Crippen molar-refractivity contribution in [1.82, 2.24) is 4.90 Å². The Labute approximate surface area is 145 Å². The van der Waals surface area contributed by atoms with Crippen molar-refractivity contribution in [3.05, 3.63) is 54.1 Å². The molecule has 3 atom stereocenters. The maximum absolute atomic E-state index is 2.75. The lowest BCUT2D eigenvalue weighted by Gasteiger charge is -2.32. The molecule has 0 spiro atoms. The SMILES string of the molecule is CC1CCCN1CC12C=C(c3ccc4ccccc4c3)C(CC1)C2. The van der Waals surface area contributed by atoms with Crippen LogP contribution in [0, 0.1) is 11.3 Å². The Morgan fingerprint density at radius 2 is 1.96 bits per heavy atom. The number of nitrogens with zero attached hydrogens (tertiary/aromatic N) is 1. The van der Waals surface area contributed by atoms with E-state index in [1.807, 2.05) is 0 Å². The van der Waals surface area contributed by atoms with Gasteiger partial charge in [-0.2, -0.15) is 0 Å². The topological polar surface area (TPSA) is 3.24 Å². The van der Waals surface area contributed by atoms with E-state index in [0.29, 0.717) is 5.41 Å². The lowest BCUT2D eigenvalue weighted by molar-refractivity contribution is 0.186. The Balaban J connectivity index is 1.47. The van der Waals surface area contributed by atoms with Crippen LogP contribution in [0.1, 0.15) is 44.6 Å². The lowest BCUT2D eigenvalue weighted by Crippen LogP contribution is -2.36. The Bertz CT molecular complexity index is 805. The molecule has 1 nitrogen and oxygen atoms in total. The summed E-state index contributed by atoms with van der Waals surface area (Å²) in [6.45, 7) is 5.02. The van der Waals surface area contributed by atoms with Crippen molar-refractivity contribution in [3.8, 4) is 0 Å². The van der Waals surface area contributed by atoms with E-state index in [1.165, 1.54) is 61.5 Å². The van der Waals surface area contributed by atoms with Crippen LogP contribution in [-0.2, 0) is 0 Å². The van der Waals surface area contributed by atoms with Gasteiger partial charge in [0.05, 0.1) is 0 Å². The number of fused-ring (bicyclic) bond motifs is 3. The maximum Gasteiger partial charge on any atom is 0.00759 e. The van der Waals surface area contributed by atoms with Crippen LogP contribution >= 0.6 is 0 Å². The lowest BCUT2D eigenvalue weighted by atomic mass is 9.84. The minimum absolute atomic E-state index is 0.463. The van der Waals surface area contributed by atoms with Crippen LogP contribution in [0.15, 0.2) is 48.5 Å². The van der Waals surface area contributed by atoms with E-state index in [2.05, 4.69) is 60.4 Å². The molecular formula is C23H27N. The van der Waals surface area contributed by atoms with Gasteiger partial charge in [-0.25, -0.2) is 0 Å². The Kier molecular flexibility index (Phi) is 3.35. The summed E-state index contributed by atoms with van der Waals surface area (Å²) in [5.74, 6) is 0.795. The molecule has 2 fully saturated rings. The third-order valence-corrected chi connectivity index (χ3v) is 6.84. The second-order valence-electron chi connectivity index (χ2n) is 8.43. The molecule has 1 aliphatic heterocycles. The number of hydrogen-bond donors (Lipinski definition) is 0. The van der Waals surface area contributed by atoms with Crippen molar-refractivity contribution in [2.75, 3.05) is 13.1 Å². The van der Waals surface area contributed by atoms with Gasteiger partial charge < -0.3 is 0 Å². The van der Waals surface area contributed by atoms with Crippen molar-refractivity contribution in [2.45, 2.75) is 45.1 Å². The van der Waals surface area contributed by atoms with Gasteiger partial charge >= 0.3 is 0 Å². The molecule has 0 radical (unpaired) electrons. The monoisotopic (exact) mass is 317 g/mol. The molecule has 24 heavy (non-hydrogen) atoms. The first-order chi connectivity index (χ1) is 11.7. The fraction of sp³-hybridized carbons (Fsp3) is 0.478. The molecule has 1 saturated heterocycles. The summed E-state index contributed by atoms with van der Waals surface area (Å²) in [5.41, 5.74) is 3.57. The third-order valence-electron chi connectivity index (χ3n) is 6.84. The summed E-state index contributed by atoms with van der Waals surface area (Å²) < 4.78 is 0. The van der Waals surface area contributed by atoms with Crippen LogP contribution in [-0.4, -0.2) is 24.0 Å². The molecule has 1 heterocycles. The summed E-state index contributed by atoms with van der Waals surface area (Å²) >= 11 is 0. The molecule has 124 valence electrons. The Hall–Kier alpha value is -1.60. The van der Waals surface area contributed by atoms with Crippen LogP contribution in [0.2, 0.25) is 0 Å². The van der Waals surface area contributed by atoms with E-state index in [1.54, 1.807) is 5.57 Å². The third kappa shape index (κ3) is 2.33. The summed E-state index contributed by atoms with van der Waals surface area (Å²) in [5, 5.41) is 2.73. The van der Waals surface area contributed by atoms with Gasteiger partial charge in [-0.15, -0.1) is 0 Å². The van der Waals surface area contributed by atoms with Crippen molar-refractivity contribution in [1.29, 1.82) is 0 Å². The Morgan fingerprint density at radius 1 is 1.08 bits per heavy atom. The molecule has 3 unspecified atom stereocenters. The highest BCUT2D eigenvalue weighted by atomic mass is 15.2. The first-order valence-electron chi connectivity index (χ1n) is 9.68. The van der Waals surface area contributed by atoms with Crippen molar-refractivity contribution in [3.63, 3.8) is 0 Å². The molecule has 2 bridgehead atoms. The van der Waals surface area contributed by atoms with E-state index in [4.69, 9.17) is 0 Å². The van der Waals surface area contributed by atoms with Gasteiger partial charge in [-0.3, -0.25) is 4.90 Å². The van der Waals surface area contributed by atoms with Crippen LogP contribution < -0.4 is 0 Å². The number of likely N-dealkylation sites (tertiary alicyclic amines) is 1. The predicted molar refractivity (Wildman–Crippen MR) is 102 cm³/mol. The van der Waals surface area contributed by atoms with Crippen LogP contribution in [0.4, 0.5) is 0 Å². The van der Waals surface area contributed by atoms with Crippen LogP contribution in [0.25, 0.3) is 16.3 Å². The minimum atomic E-state index is 0.463. The summed E-state index contributed by atoms with van der Waals surface area (Å²) in [6, 6.07) is 16.6. The first kappa shape index (κ1) is 14.7. The minimum Gasteiger partial charge on any atom is -0.300 e. The van der Waals surface area contributed by atoms with E-state index in [-0.39, 0.29) is 0 Å². The van der Waals surface area contributed by atoms with Gasteiger partial charge in [-0.05, 0) is 79.5 Å². The fourth-order valence-corrected chi connectivity index (χ4v) is 5.51. The van der Waals surface area contributed by atoms with Crippen molar-refractivity contribution in [2.24, 2.45) is 11.3 Å². The van der Waals surface area contributed by atoms with E-state index in [0.717, 1.165) is 12.0 Å². The van der Waals surface area contributed by atoms with Gasteiger partial charge in [0.25, 0.3) is 0 Å². The quantitative estimate of drug-likeness (QED) is 0.721. The average molecular weight is 317 g/mol. The van der Waals surface area contributed by atoms with Gasteiger partial charge in [0.2, 0.25) is 0 Å².